The van der Waals surface area contributed by atoms with Gasteiger partial charge in [-0.15, -0.1) is 0 Å². The van der Waals surface area contributed by atoms with Gasteiger partial charge in [0.15, 0.2) is 6.61 Å². The topological polar surface area (TPSA) is 67.9 Å². The zero-order chi connectivity index (χ0) is 22.1. The molecule has 0 aliphatic rings. The molecule has 6 nitrogen and oxygen atoms in total. The summed E-state index contributed by atoms with van der Waals surface area (Å²) in [6, 6.07) is 14.6. The highest BCUT2D eigenvalue weighted by Gasteiger charge is 2.28. The van der Waals surface area contributed by atoms with E-state index in [4.69, 9.17) is 9.47 Å². The molecule has 0 aliphatic carbocycles. The number of likely N-dealkylation sites (N-methyl/N-ethyl adjacent to an activating group) is 1. The zero-order valence-electron chi connectivity index (χ0n) is 18.5. The lowest BCUT2D eigenvalue weighted by Gasteiger charge is -2.30. The molecule has 0 radical (unpaired) electrons. The summed E-state index contributed by atoms with van der Waals surface area (Å²) in [7, 11) is 3.18. The smallest absolute Gasteiger partial charge is 0.261 e. The van der Waals surface area contributed by atoms with Crippen LogP contribution in [0, 0.1) is 0 Å². The highest BCUT2D eigenvalue weighted by molar-refractivity contribution is 5.88. The zero-order valence-corrected chi connectivity index (χ0v) is 18.5. The average molecular weight is 413 g/mol. The summed E-state index contributed by atoms with van der Waals surface area (Å²) in [4.78, 5) is 27.0. The Morgan fingerprint density at radius 3 is 2.10 bits per heavy atom. The van der Waals surface area contributed by atoms with Gasteiger partial charge in [0.05, 0.1) is 7.11 Å². The fourth-order valence-electron chi connectivity index (χ4n) is 3.19. The van der Waals surface area contributed by atoms with Gasteiger partial charge in [-0.2, -0.15) is 0 Å². The van der Waals surface area contributed by atoms with Crippen LogP contribution in [0.4, 0.5) is 0 Å². The maximum atomic E-state index is 13.0. The van der Waals surface area contributed by atoms with E-state index in [1.54, 1.807) is 19.1 Å². The largest absolute Gasteiger partial charge is 0.497 e. The lowest BCUT2D eigenvalue weighted by molar-refractivity contribution is -0.142. The number of nitrogens with zero attached hydrogens (tertiary/aromatic N) is 1. The first kappa shape index (κ1) is 23.3. The molecule has 0 saturated heterocycles. The van der Waals surface area contributed by atoms with Crippen LogP contribution in [-0.4, -0.2) is 43.5 Å². The predicted octanol–water partition coefficient (Wildman–Crippen LogP) is 3.75. The second kappa shape index (κ2) is 11.2. The van der Waals surface area contributed by atoms with Gasteiger partial charge < -0.3 is 19.7 Å². The Balaban J connectivity index is 2.14. The van der Waals surface area contributed by atoms with E-state index in [9.17, 15) is 9.59 Å². The van der Waals surface area contributed by atoms with Gasteiger partial charge >= 0.3 is 0 Å². The highest BCUT2D eigenvalue weighted by atomic mass is 16.5. The Morgan fingerprint density at radius 2 is 1.60 bits per heavy atom. The number of rotatable bonds is 10. The van der Waals surface area contributed by atoms with Gasteiger partial charge in [0.1, 0.15) is 17.5 Å². The molecule has 0 unspecified atom stereocenters. The second-order valence-corrected chi connectivity index (χ2v) is 7.42. The van der Waals surface area contributed by atoms with Gasteiger partial charge in [0.25, 0.3) is 5.91 Å². The van der Waals surface area contributed by atoms with Crippen molar-refractivity contribution in [2.45, 2.75) is 45.7 Å². The van der Waals surface area contributed by atoms with E-state index >= 15 is 0 Å². The van der Waals surface area contributed by atoms with E-state index in [0.717, 1.165) is 11.3 Å². The van der Waals surface area contributed by atoms with Crippen LogP contribution in [-0.2, 0) is 16.1 Å². The monoisotopic (exact) mass is 412 g/mol. The molecule has 6 heteroatoms. The molecule has 30 heavy (non-hydrogen) atoms. The summed E-state index contributed by atoms with van der Waals surface area (Å²) in [6.07, 6.45) is 0.505. The van der Waals surface area contributed by atoms with Gasteiger partial charge in [-0.1, -0.05) is 45.0 Å². The van der Waals surface area contributed by atoms with Crippen molar-refractivity contribution in [3.05, 3.63) is 59.7 Å². The number of hydrogen-bond acceptors (Lipinski definition) is 4. The molecule has 2 aromatic carbocycles. The number of methoxy groups -OCH3 is 1. The first-order valence-corrected chi connectivity index (χ1v) is 10.3. The molecular formula is C24H32N2O4. The summed E-state index contributed by atoms with van der Waals surface area (Å²) >= 11 is 0. The van der Waals surface area contributed by atoms with Crippen molar-refractivity contribution in [1.82, 2.24) is 10.2 Å². The third kappa shape index (κ3) is 6.24. The number of hydrogen-bond donors (Lipinski definition) is 1. The minimum Gasteiger partial charge on any atom is -0.497 e. The van der Waals surface area contributed by atoms with Crippen LogP contribution in [0.25, 0.3) is 0 Å². The summed E-state index contributed by atoms with van der Waals surface area (Å²) < 4.78 is 10.9. The molecule has 2 rings (SSSR count). The molecule has 0 aromatic heterocycles. The molecule has 0 saturated carbocycles. The molecule has 1 N–H and O–H groups in total. The van der Waals surface area contributed by atoms with Crippen LogP contribution in [0.15, 0.2) is 48.5 Å². The maximum absolute atomic E-state index is 13.0. The molecular weight excluding hydrogens is 380 g/mol. The molecule has 0 spiro atoms. The van der Waals surface area contributed by atoms with Gasteiger partial charge in [0.2, 0.25) is 5.91 Å². The van der Waals surface area contributed by atoms with Crippen LogP contribution in [0.3, 0.4) is 0 Å². The van der Waals surface area contributed by atoms with Crippen LogP contribution in [0.5, 0.6) is 11.5 Å². The lowest BCUT2D eigenvalue weighted by atomic mass is 10.0. The van der Waals surface area contributed by atoms with Crippen molar-refractivity contribution in [3.8, 4) is 11.5 Å². The fourth-order valence-corrected chi connectivity index (χ4v) is 3.19. The van der Waals surface area contributed by atoms with E-state index in [2.05, 4.69) is 19.2 Å². The Hall–Kier alpha value is -3.02. The van der Waals surface area contributed by atoms with E-state index in [1.165, 1.54) is 5.56 Å². The molecule has 0 heterocycles. The van der Waals surface area contributed by atoms with Crippen LogP contribution in [0.2, 0.25) is 0 Å². The molecule has 0 fully saturated rings. The Kier molecular flexibility index (Phi) is 8.71. The minimum atomic E-state index is -0.573. The van der Waals surface area contributed by atoms with Gasteiger partial charge in [-0.05, 0) is 47.7 Å². The lowest BCUT2D eigenvalue weighted by Crippen LogP contribution is -2.49. The van der Waals surface area contributed by atoms with E-state index < -0.39 is 6.04 Å². The minimum absolute atomic E-state index is 0.134. The third-order valence-corrected chi connectivity index (χ3v) is 5.05. The SMILES string of the molecule is CC[C@H](C(=O)NC)N(Cc1ccc(OC)cc1)C(=O)COc1ccc(C(C)C)cc1. The van der Waals surface area contributed by atoms with Gasteiger partial charge in [-0.3, -0.25) is 9.59 Å². The van der Waals surface area contributed by atoms with E-state index in [1.807, 2.05) is 55.5 Å². The van der Waals surface area contributed by atoms with Crippen molar-refractivity contribution < 1.29 is 19.1 Å². The van der Waals surface area contributed by atoms with Gasteiger partial charge in [0, 0.05) is 13.6 Å². The molecule has 162 valence electrons. The number of ether oxygens (including phenoxy) is 2. The van der Waals surface area contributed by atoms with Gasteiger partial charge in [-0.25, -0.2) is 0 Å². The van der Waals surface area contributed by atoms with E-state index in [0.29, 0.717) is 24.6 Å². The summed E-state index contributed by atoms with van der Waals surface area (Å²) in [5.74, 6) is 1.36. The van der Waals surface area contributed by atoms with E-state index in [-0.39, 0.29) is 18.4 Å². The predicted molar refractivity (Wildman–Crippen MR) is 118 cm³/mol. The summed E-state index contributed by atoms with van der Waals surface area (Å²) in [6.45, 7) is 6.31. The molecule has 1 atom stereocenters. The quantitative estimate of drug-likeness (QED) is 0.645. The number of amides is 2. The van der Waals surface area contributed by atoms with Crippen molar-refractivity contribution in [3.63, 3.8) is 0 Å². The standard InChI is InChI=1S/C24H32N2O4/c1-6-22(24(28)25-4)26(15-18-7-11-20(29-5)12-8-18)23(27)16-30-21-13-9-19(10-14-21)17(2)3/h7-14,17,22H,6,15-16H2,1-5H3,(H,25,28)/t22-/m1/s1. The highest BCUT2D eigenvalue weighted by Crippen LogP contribution is 2.20. The number of carbonyl (C=O) groups excluding carboxylic acids is 2. The third-order valence-electron chi connectivity index (χ3n) is 5.05. The van der Waals surface area contributed by atoms with Crippen molar-refractivity contribution in [2.24, 2.45) is 0 Å². The first-order chi connectivity index (χ1) is 14.4. The average Bonchev–Trinajstić information content (AvgIpc) is 2.77. The number of nitrogens with one attached hydrogen (secondary N) is 1. The maximum Gasteiger partial charge on any atom is 0.261 e. The number of benzene rings is 2. The second-order valence-electron chi connectivity index (χ2n) is 7.42. The molecule has 2 aromatic rings. The number of carbonyl (C=O) groups is 2. The Bertz CT molecular complexity index is 816. The van der Waals surface area contributed by atoms with Crippen LogP contribution >= 0.6 is 0 Å². The molecule has 0 aliphatic heterocycles. The van der Waals surface area contributed by atoms with Crippen molar-refractivity contribution in [2.75, 3.05) is 20.8 Å². The Morgan fingerprint density at radius 1 is 1.00 bits per heavy atom. The van der Waals surface area contributed by atoms with Crippen molar-refractivity contribution in [1.29, 1.82) is 0 Å². The Labute approximate surface area is 179 Å². The fraction of sp³-hybridized carbons (Fsp3) is 0.417. The summed E-state index contributed by atoms with van der Waals surface area (Å²) in [5, 5.41) is 2.65. The molecule has 2 amide bonds. The first-order valence-electron chi connectivity index (χ1n) is 10.3. The van der Waals surface area contributed by atoms with Crippen LogP contribution in [0.1, 0.15) is 44.2 Å². The van der Waals surface area contributed by atoms with Crippen LogP contribution < -0.4 is 14.8 Å². The molecule has 0 bridgehead atoms. The van der Waals surface area contributed by atoms with Crippen molar-refractivity contribution >= 4 is 11.8 Å². The normalized spacial score (nSPS) is 11.7. The summed E-state index contributed by atoms with van der Waals surface area (Å²) in [5.41, 5.74) is 2.12.